The topological polar surface area (TPSA) is 92.5 Å². The number of aromatic carboxylic acids is 1. The van der Waals surface area contributed by atoms with E-state index in [1.54, 1.807) is 36.4 Å². The normalized spacial score (nSPS) is 10.3. The Morgan fingerprint density at radius 2 is 1.62 bits per heavy atom. The van der Waals surface area contributed by atoms with Crippen molar-refractivity contribution in [3.05, 3.63) is 75.3 Å². The first-order valence-electron chi connectivity index (χ1n) is 6.34. The van der Waals surface area contributed by atoms with Crippen molar-refractivity contribution in [3.8, 4) is 0 Å². The van der Waals surface area contributed by atoms with Crippen molar-refractivity contribution in [2.45, 2.75) is 13.1 Å². The molecule has 0 aliphatic carbocycles. The van der Waals surface area contributed by atoms with Crippen LogP contribution in [0.1, 0.15) is 21.5 Å². The van der Waals surface area contributed by atoms with Crippen molar-refractivity contribution in [2.24, 2.45) is 0 Å². The molecule has 0 atom stereocenters. The Hall–Kier alpha value is -2.73. The molecule has 0 spiro atoms. The molecule has 0 bridgehead atoms. The summed E-state index contributed by atoms with van der Waals surface area (Å²) < 4.78 is 0. The molecule has 21 heavy (non-hydrogen) atoms. The van der Waals surface area contributed by atoms with E-state index in [1.807, 2.05) is 0 Å². The van der Waals surface area contributed by atoms with Crippen LogP contribution in [0, 0.1) is 10.1 Å². The smallest absolute Gasteiger partial charge is 0.336 e. The number of benzene rings is 2. The third-order valence-electron chi connectivity index (χ3n) is 3.07. The van der Waals surface area contributed by atoms with Gasteiger partial charge in [0.1, 0.15) is 0 Å². The Balaban J connectivity index is 2.06. The lowest BCUT2D eigenvalue weighted by molar-refractivity contribution is -0.385. The number of nitro groups is 1. The monoisotopic (exact) mass is 286 g/mol. The average Bonchev–Trinajstić information content (AvgIpc) is 2.48. The van der Waals surface area contributed by atoms with E-state index in [9.17, 15) is 14.9 Å². The molecule has 0 unspecified atom stereocenters. The summed E-state index contributed by atoms with van der Waals surface area (Å²) in [5.41, 5.74) is 1.49. The van der Waals surface area contributed by atoms with E-state index in [0.717, 1.165) is 0 Å². The zero-order valence-electron chi connectivity index (χ0n) is 11.2. The van der Waals surface area contributed by atoms with Gasteiger partial charge in [-0.3, -0.25) is 10.1 Å². The van der Waals surface area contributed by atoms with Crippen LogP contribution in [0.5, 0.6) is 0 Å². The highest BCUT2D eigenvalue weighted by molar-refractivity contribution is 5.89. The van der Waals surface area contributed by atoms with Gasteiger partial charge in [-0.25, -0.2) is 4.79 Å². The van der Waals surface area contributed by atoms with Gasteiger partial charge in [0.05, 0.1) is 10.5 Å². The summed E-state index contributed by atoms with van der Waals surface area (Å²) in [7, 11) is 0. The Bertz CT molecular complexity index is 613. The molecule has 108 valence electrons. The molecule has 0 aliphatic heterocycles. The van der Waals surface area contributed by atoms with Gasteiger partial charge in [0.2, 0.25) is 0 Å². The SMILES string of the molecule is O=C(O)c1ccccc1CNCc1ccccc1[N+](=O)[O-]. The third kappa shape index (κ3) is 3.64. The van der Waals surface area contributed by atoms with E-state index in [1.165, 1.54) is 12.1 Å². The lowest BCUT2D eigenvalue weighted by Gasteiger charge is -2.08. The fourth-order valence-corrected chi connectivity index (χ4v) is 2.05. The average molecular weight is 286 g/mol. The van der Waals surface area contributed by atoms with Gasteiger partial charge in [0.25, 0.3) is 5.69 Å². The summed E-state index contributed by atoms with van der Waals surface area (Å²) in [5, 5.41) is 23.0. The largest absolute Gasteiger partial charge is 0.478 e. The number of rotatable bonds is 6. The molecule has 0 aliphatic rings. The van der Waals surface area contributed by atoms with Crippen molar-refractivity contribution in [1.29, 1.82) is 0 Å². The number of hydrogen-bond donors (Lipinski definition) is 2. The predicted octanol–water partition coefficient (Wildman–Crippen LogP) is 2.58. The molecule has 0 saturated heterocycles. The summed E-state index contributed by atoms with van der Waals surface area (Å²) in [6.07, 6.45) is 0. The maximum atomic E-state index is 11.1. The van der Waals surface area contributed by atoms with Crippen molar-refractivity contribution in [2.75, 3.05) is 0 Å². The first-order valence-corrected chi connectivity index (χ1v) is 6.34. The number of carboxylic acids is 1. The number of nitro benzene ring substituents is 1. The second-order valence-electron chi connectivity index (χ2n) is 4.45. The van der Waals surface area contributed by atoms with Crippen LogP contribution in [-0.2, 0) is 13.1 Å². The van der Waals surface area contributed by atoms with Crippen LogP contribution in [0.15, 0.2) is 48.5 Å². The Morgan fingerprint density at radius 3 is 2.29 bits per heavy atom. The third-order valence-corrected chi connectivity index (χ3v) is 3.07. The zero-order valence-corrected chi connectivity index (χ0v) is 11.2. The molecule has 0 aromatic heterocycles. The van der Waals surface area contributed by atoms with Crippen LogP contribution < -0.4 is 5.32 Å². The fourth-order valence-electron chi connectivity index (χ4n) is 2.05. The summed E-state index contributed by atoms with van der Waals surface area (Å²) in [5.74, 6) is -0.988. The van der Waals surface area contributed by atoms with Gasteiger partial charge < -0.3 is 10.4 Å². The van der Waals surface area contributed by atoms with E-state index < -0.39 is 10.9 Å². The Morgan fingerprint density at radius 1 is 1.05 bits per heavy atom. The Labute approximate surface area is 121 Å². The van der Waals surface area contributed by atoms with Gasteiger partial charge >= 0.3 is 5.97 Å². The maximum absolute atomic E-state index is 11.1. The van der Waals surface area contributed by atoms with Crippen molar-refractivity contribution in [3.63, 3.8) is 0 Å². The number of nitrogens with one attached hydrogen (secondary N) is 1. The summed E-state index contributed by atoms with van der Waals surface area (Å²) in [4.78, 5) is 21.6. The van der Waals surface area contributed by atoms with Gasteiger partial charge in [-0.05, 0) is 11.6 Å². The molecule has 0 amide bonds. The van der Waals surface area contributed by atoms with Crippen LogP contribution in [0.2, 0.25) is 0 Å². The molecule has 2 rings (SSSR count). The van der Waals surface area contributed by atoms with E-state index in [0.29, 0.717) is 24.2 Å². The number of nitrogens with zero attached hydrogens (tertiary/aromatic N) is 1. The standard InChI is InChI=1S/C15H14N2O4/c18-15(19)13-7-3-1-5-11(13)9-16-10-12-6-2-4-8-14(12)17(20)21/h1-8,16H,9-10H2,(H,18,19). The van der Waals surface area contributed by atoms with Crippen LogP contribution >= 0.6 is 0 Å². The van der Waals surface area contributed by atoms with Gasteiger partial charge in [0.15, 0.2) is 0 Å². The van der Waals surface area contributed by atoms with E-state index >= 15 is 0 Å². The first-order chi connectivity index (χ1) is 10.1. The van der Waals surface area contributed by atoms with Crippen molar-refractivity contribution >= 4 is 11.7 Å². The molecule has 0 heterocycles. The summed E-state index contributed by atoms with van der Waals surface area (Å²) in [6.45, 7) is 0.625. The van der Waals surface area contributed by atoms with Gasteiger partial charge in [0, 0.05) is 24.7 Å². The molecule has 2 N–H and O–H groups in total. The quantitative estimate of drug-likeness (QED) is 0.629. The highest BCUT2D eigenvalue weighted by Crippen LogP contribution is 2.17. The molecule has 0 fully saturated rings. The molecule has 0 saturated carbocycles. The molecule has 2 aromatic carbocycles. The first kappa shape index (κ1) is 14.7. The molecular formula is C15H14N2O4. The summed E-state index contributed by atoms with van der Waals surface area (Å²) >= 11 is 0. The van der Waals surface area contributed by atoms with Gasteiger partial charge in [-0.15, -0.1) is 0 Å². The number of carboxylic acid groups (broad SMARTS) is 1. The van der Waals surface area contributed by atoms with Crippen molar-refractivity contribution in [1.82, 2.24) is 5.32 Å². The minimum atomic E-state index is -0.988. The van der Waals surface area contributed by atoms with Crippen LogP contribution in [-0.4, -0.2) is 16.0 Å². The molecular weight excluding hydrogens is 272 g/mol. The second-order valence-corrected chi connectivity index (χ2v) is 4.45. The fraction of sp³-hybridized carbons (Fsp3) is 0.133. The lowest BCUT2D eigenvalue weighted by atomic mass is 10.1. The van der Waals surface area contributed by atoms with Gasteiger partial charge in [-0.2, -0.15) is 0 Å². The minimum Gasteiger partial charge on any atom is -0.478 e. The highest BCUT2D eigenvalue weighted by atomic mass is 16.6. The van der Waals surface area contributed by atoms with E-state index in [2.05, 4.69) is 5.32 Å². The predicted molar refractivity (Wildman–Crippen MR) is 77.0 cm³/mol. The second kappa shape index (κ2) is 6.62. The lowest BCUT2D eigenvalue weighted by Crippen LogP contribution is -2.16. The molecule has 0 radical (unpaired) electrons. The highest BCUT2D eigenvalue weighted by Gasteiger charge is 2.12. The number of para-hydroxylation sites is 1. The zero-order chi connectivity index (χ0) is 15.2. The minimum absolute atomic E-state index is 0.0523. The van der Waals surface area contributed by atoms with Crippen molar-refractivity contribution < 1.29 is 14.8 Å². The van der Waals surface area contributed by atoms with E-state index in [-0.39, 0.29) is 11.3 Å². The van der Waals surface area contributed by atoms with Crippen LogP contribution in [0.4, 0.5) is 5.69 Å². The molecule has 6 heteroatoms. The maximum Gasteiger partial charge on any atom is 0.336 e. The van der Waals surface area contributed by atoms with Gasteiger partial charge in [-0.1, -0.05) is 36.4 Å². The molecule has 2 aromatic rings. The number of hydrogen-bond acceptors (Lipinski definition) is 4. The van der Waals surface area contributed by atoms with Crippen LogP contribution in [0.3, 0.4) is 0 Å². The Kier molecular flexibility index (Phi) is 4.63. The van der Waals surface area contributed by atoms with E-state index in [4.69, 9.17) is 5.11 Å². The molecule has 6 nitrogen and oxygen atoms in total. The van der Waals surface area contributed by atoms with Crippen LogP contribution in [0.25, 0.3) is 0 Å². The summed E-state index contributed by atoms with van der Waals surface area (Å²) in [6, 6.07) is 13.1. The number of carbonyl (C=O) groups is 1.